The summed E-state index contributed by atoms with van der Waals surface area (Å²) in [5.74, 6) is -0.905. The average Bonchev–Trinajstić information content (AvgIpc) is 2.55. The maximum absolute atomic E-state index is 11.9. The first-order valence-corrected chi connectivity index (χ1v) is 8.25. The zero-order chi connectivity index (χ0) is 18.7. The van der Waals surface area contributed by atoms with E-state index >= 15 is 0 Å². The van der Waals surface area contributed by atoms with E-state index in [1.807, 2.05) is 4.90 Å². The van der Waals surface area contributed by atoms with Crippen molar-refractivity contribution in [3.63, 3.8) is 0 Å². The number of imide groups is 1. The third-order valence-corrected chi connectivity index (χ3v) is 4.35. The molecule has 0 spiro atoms. The van der Waals surface area contributed by atoms with Gasteiger partial charge in [-0.25, -0.2) is 9.78 Å². The van der Waals surface area contributed by atoms with Gasteiger partial charge in [0.2, 0.25) is 5.91 Å². The van der Waals surface area contributed by atoms with E-state index in [-0.39, 0.29) is 36.9 Å². The lowest BCUT2D eigenvalue weighted by molar-refractivity contribution is -0.136. The van der Waals surface area contributed by atoms with E-state index in [9.17, 15) is 19.2 Å². The molecule has 0 bridgehead atoms. The van der Waals surface area contributed by atoms with Crippen LogP contribution in [-0.4, -0.2) is 71.0 Å². The molecule has 1 aromatic rings. The van der Waals surface area contributed by atoms with Gasteiger partial charge in [0.05, 0.1) is 18.0 Å². The first-order valence-electron chi connectivity index (χ1n) is 8.25. The molecule has 138 valence electrons. The minimum atomic E-state index is -0.974. The monoisotopic (exact) mass is 361 g/mol. The summed E-state index contributed by atoms with van der Waals surface area (Å²) >= 11 is 0. The van der Waals surface area contributed by atoms with Crippen molar-refractivity contribution in [3.05, 3.63) is 23.9 Å². The van der Waals surface area contributed by atoms with Crippen molar-refractivity contribution in [2.75, 3.05) is 31.1 Å². The highest BCUT2D eigenvalue weighted by Crippen LogP contribution is 2.23. The summed E-state index contributed by atoms with van der Waals surface area (Å²) < 4.78 is 0. The number of urea groups is 1. The predicted octanol–water partition coefficient (Wildman–Crippen LogP) is -0.583. The summed E-state index contributed by atoms with van der Waals surface area (Å²) in [4.78, 5) is 53.2. The summed E-state index contributed by atoms with van der Waals surface area (Å²) in [5, 5.41) is 13.4. The molecule has 2 saturated heterocycles. The minimum Gasteiger partial charge on any atom is -0.481 e. The first kappa shape index (κ1) is 17.6. The Kier molecular flexibility index (Phi) is 5.01. The Morgan fingerprint density at radius 3 is 2.69 bits per heavy atom. The van der Waals surface area contributed by atoms with Gasteiger partial charge in [-0.1, -0.05) is 0 Å². The van der Waals surface area contributed by atoms with Gasteiger partial charge < -0.3 is 20.2 Å². The fourth-order valence-electron chi connectivity index (χ4n) is 2.86. The number of carbonyl (C=O) groups excluding carboxylic acids is 3. The van der Waals surface area contributed by atoms with Crippen LogP contribution in [0.2, 0.25) is 0 Å². The number of nitrogens with zero attached hydrogens (tertiary/aromatic N) is 3. The largest absolute Gasteiger partial charge is 0.481 e. The second kappa shape index (κ2) is 7.38. The van der Waals surface area contributed by atoms with Crippen molar-refractivity contribution in [2.24, 2.45) is 0 Å². The summed E-state index contributed by atoms with van der Waals surface area (Å²) in [7, 11) is 0. The van der Waals surface area contributed by atoms with Crippen molar-refractivity contribution in [2.45, 2.75) is 18.9 Å². The molecule has 2 aliphatic rings. The van der Waals surface area contributed by atoms with Crippen molar-refractivity contribution < 1.29 is 24.3 Å². The van der Waals surface area contributed by atoms with Crippen LogP contribution in [0.3, 0.4) is 0 Å². The molecular weight excluding hydrogens is 342 g/mol. The van der Waals surface area contributed by atoms with Gasteiger partial charge in [-0.05, 0) is 12.1 Å². The number of aromatic nitrogens is 1. The van der Waals surface area contributed by atoms with Crippen LogP contribution >= 0.6 is 0 Å². The summed E-state index contributed by atoms with van der Waals surface area (Å²) in [5.41, 5.74) is 0.352. The lowest BCUT2D eigenvalue weighted by Crippen LogP contribution is -2.65. The normalized spacial score (nSPS) is 17.5. The zero-order valence-corrected chi connectivity index (χ0v) is 14.0. The molecule has 3 N–H and O–H groups in total. The smallest absolute Gasteiger partial charge is 0.324 e. The molecule has 3 heterocycles. The molecule has 0 aliphatic carbocycles. The number of amides is 4. The fourth-order valence-corrected chi connectivity index (χ4v) is 2.86. The number of aliphatic carboxylic acids is 1. The molecule has 2 fully saturated rings. The SMILES string of the molecule is O=C(O)CCNC(=O)c1ccc(N2CC(N3CCC(=O)NC3=O)C2)nc1. The van der Waals surface area contributed by atoms with Gasteiger partial charge in [0, 0.05) is 38.8 Å². The summed E-state index contributed by atoms with van der Waals surface area (Å²) in [6, 6.07) is 3.01. The first-order chi connectivity index (χ1) is 12.4. The third-order valence-electron chi connectivity index (χ3n) is 4.35. The van der Waals surface area contributed by atoms with E-state index in [0.29, 0.717) is 37.4 Å². The average molecular weight is 361 g/mol. The lowest BCUT2D eigenvalue weighted by atomic mass is 10.1. The van der Waals surface area contributed by atoms with Crippen molar-refractivity contribution in [1.82, 2.24) is 20.5 Å². The van der Waals surface area contributed by atoms with Crippen LogP contribution in [0.4, 0.5) is 10.6 Å². The van der Waals surface area contributed by atoms with Crippen LogP contribution in [-0.2, 0) is 9.59 Å². The number of rotatable bonds is 6. The standard InChI is InChI=1S/C16H19N5O5/c22-13-4-6-21(16(26)19-13)11-8-20(9-11)12-2-1-10(7-18-12)15(25)17-5-3-14(23)24/h1-2,7,11H,3-6,8-9H2,(H,17,25)(H,23,24)(H,19,22,26). The van der Waals surface area contributed by atoms with E-state index in [2.05, 4.69) is 15.6 Å². The number of carboxylic acids is 1. The molecule has 10 nitrogen and oxygen atoms in total. The maximum Gasteiger partial charge on any atom is 0.324 e. The van der Waals surface area contributed by atoms with Gasteiger partial charge in [-0.15, -0.1) is 0 Å². The van der Waals surface area contributed by atoms with Gasteiger partial charge in [0.1, 0.15) is 5.82 Å². The molecule has 0 unspecified atom stereocenters. The number of pyridine rings is 1. The second-order valence-electron chi connectivity index (χ2n) is 6.16. The van der Waals surface area contributed by atoms with E-state index in [4.69, 9.17) is 5.11 Å². The number of anilines is 1. The van der Waals surface area contributed by atoms with Crippen molar-refractivity contribution >= 4 is 29.6 Å². The molecule has 0 radical (unpaired) electrons. The summed E-state index contributed by atoms with van der Waals surface area (Å²) in [6.07, 6.45) is 1.61. The minimum absolute atomic E-state index is 0.0314. The maximum atomic E-state index is 11.9. The zero-order valence-electron chi connectivity index (χ0n) is 14.0. The summed E-state index contributed by atoms with van der Waals surface area (Å²) in [6.45, 7) is 1.70. The van der Waals surface area contributed by atoms with Crippen LogP contribution in [0.1, 0.15) is 23.2 Å². The van der Waals surface area contributed by atoms with Gasteiger partial charge in [-0.2, -0.15) is 0 Å². The Bertz CT molecular complexity index is 729. The van der Waals surface area contributed by atoms with E-state index < -0.39 is 5.97 Å². The molecule has 3 rings (SSSR count). The highest BCUT2D eigenvalue weighted by atomic mass is 16.4. The van der Waals surface area contributed by atoms with E-state index in [1.54, 1.807) is 17.0 Å². The molecule has 0 saturated carbocycles. The molecule has 4 amide bonds. The molecule has 2 aliphatic heterocycles. The van der Waals surface area contributed by atoms with Crippen LogP contribution in [0, 0.1) is 0 Å². The topological polar surface area (TPSA) is 132 Å². The van der Waals surface area contributed by atoms with Crippen LogP contribution in [0.25, 0.3) is 0 Å². The van der Waals surface area contributed by atoms with Gasteiger partial charge in [-0.3, -0.25) is 19.7 Å². The number of nitrogens with one attached hydrogen (secondary N) is 2. The predicted molar refractivity (Wildman–Crippen MR) is 89.7 cm³/mol. The fraction of sp³-hybridized carbons (Fsp3) is 0.438. The molecule has 26 heavy (non-hydrogen) atoms. The highest BCUT2D eigenvalue weighted by Gasteiger charge is 2.37. The third kappa shape index (κ3) is 3.90. The number of carbonyl (C=O) groups is 4. The highest BCUT2D eigenvalue weighted by molar-refractivity contribution is 5.97. The van der Waals surface area contributed by atoms with E-state index in [1.165, 1.54) is 6.20 Å². The van der Waals surface area contributed by atoms with Gasteiger partial charge in [0.25, 0.3) is 5.91 Å². The quantitative estimate of drug-likeness (QED) is 0.617. The van der Waals surface area contributed by atoms with E-state index in [0.717, 1.165) is 0 Å². The van der Waals surface area contributed by atoms with Crippen LogP contribution in [0.5, 0.6) is 0 Å². The van der Waals surface area contributed by atoms with Crippen LogP contribution < -0.4 is 15.5 Å². The Labute approximate surface area is 149 Å². The van der Waals surface area contributed by atoms with Gasteiger partial charge in [0.15, 0.2) is 0 Å². The number of hydrogen-bond donors (Lipinski definition) is 3. The van der Waals surface area contributed by atoms with Crippen LogP contribution in [0.15, 0.2) is 18.3 Å². The molecule has 0 atom stereocenters. The second-order valence-corrected chi connectivity index (χ2v) is 6.16. The molecule has 10 heteroatoms. The Morgan fingerprint density at radius 1 is 1.31 bits per heavy atom. The Morgan fingerprint density at radius 2 is 2.08 bits per heavy atom. The lowest BCUT2D eigenvalue weighted by Gasteiger charge is -2.46. The Hall–Kier alpha value is -3.17. The number of hydrogen-bond acceptors (Lipinski definition) is 6. The molecular formula is C16H19N5O5. The van der Waals surface area contributed by atoms with Crippen molar-refractivity contribution in [3.8, 4) is 0 Å². The van der Waals surface area contributed by atoms with Gasteiger partial charge >= 0.3 is 12.0 Å². The van der Waals surface area contributed by atoms with Crippen molar-refractivity contribution in [1.29, 1.82) is 0 Å². The molecule has 1 aromatic heterocycles. The molecule has 0 aromatic carbocycles. The number of carboxylic acid groups (broad SMARTS) is 1. The Balaban J connectivity index is 1.49.